The van der Waals surface area contributed by atoms with Crippen LogP contribution in [-0.4, -0.2) is 11.7 Å². The highest BCUT2D eigenvalue weighted by Crippen LogP contribution is 2.32. The Balaban J connectivity index is 2.13. The van der Waals surface area contributed by atoms with E-state index in [4.69, 9.17) is 0 Å². The van der Waals surface area contributed by atoms with Crippen molar-refractivity contribution in [1.82, 2.24) is 5.32 Å². The molecule has 0 aliphatic carbocycles. The Morgan fingerprint density at radius 2 is 2.55 bits per heavy atom. The van der Waals surface area contributed by atoms with Gasteiger partial charge in [-0.2, -0.15) is 0 Å². The van der Waals surface area contributed by atoms with Crippen molar-refractivity contribution in [2.45, 2.75) is 5.37 Å². The second kappa shape index (κ2) is 2.87. The van der Waals surface area contributed by atoms with Crippen LogP contribution < -0.4 is 5.32 Å². The molecule has 1 aromatic rings. The molecule has 0 aromatic carbocycles. The van der Waals surface area contributed by atoms with Crippen LogP contribution in [0.25, 0.3) is 0 Å². The minimum absolute atomic E-state index is 0.147. The smallest absolute Gasteiger partial charge is 0.231 e. The molecule has 1 fully saturated rings. The Hall–Kier alpha value is -0.480. The van der Waals surface area contributed by atoms with Gasteiger partial charge in [-0.3, -0.25) is 4.79 Å². The highest BCUT2D eigenvalue weighted by Gasteiger charge is 2.23. The van der Waals surface area contributed by atoms with E-state index >= 15 is 0 Å². The molecule has 1 aliphatic rings. The molecule has 2 rings (SSSR count). The number of carbonyl (C=O) groups excluding carboxylic acids is 1. The van der Waals surface area contributed by atoms with Crippen LogP contribution in [0.4, 0.5) is 0 Å². The molecular formula is C7H7NOS2. The van der Waals surface area contributed by atoms with Crippen LogP contribution in [0.3, 0.4) is 0 Å². The van der Waals surface area contributed by atoms with Gasteiger partial charge in [-0.15, -0.1) is 23.1 Å². The van der Waals surface area contributed by atoms with Crippen molar-refractivity contribution in [2.24, 2.45) is 0 Å². The highest BCUT2D eigenvalue weighted by atomic mass is 32.2. The molecule has 4 heteroatoms. The maximum absolute atomic E-state index is 10.8. The standard InChI is InChI=1S/C7H7NOS2/c9-6-4-11-7(8-6)5-2-1-3-10-5/h1-3,7H,4H2,(H,8,9)/t7-/m0/s1. The van der Waals surface area contributed by atoms with Crippen LogP contribution in [0.1, 0.15) is 10.3 Å². The third kappa shape index (κ3) is 1.41. The normalized spacial score (nSPS) is 23.6. The number of amides is 1. The average molecular weight is 185 g/mol. The molecule has 0 unspecified atom stereocenters. The number of rotatable bonds is 1. The fourth-order valence-electron chi connectivity index (χ4n) is 0.982. The second-order valence-corrected chi connectivity index (χ2v) is 4.35. The quantitative estimate of drug-likeness (QED) is 0.720. The third-order valence-electron chi connectivity index (χ3n) is 1.47. The van der Waals surface area contributed by atoms with E-state index in [1.807, 2.05) is 17.5 Å². The van der Waals surface area contributed by atoms with E-state index < -0.39 is 0 Å². The van der Waals surface area contributed by atoms with E-state index in [0.29, 0.717) is 5.75 Å². The number of hydrogen-bond donors (Lipinski definition) is 1. The van der Waals surface area contributed by atoms with Gasteiger partial charge in [0, 0.05) is 4.88 Å². The lowest BCUT2D eigenvalue weighted by atomic mass is 10.4. The fraction of sp³-hybridized carbons (Fsp3) is 0.286. The molecule has 2 nitrogen and oxygen atoms in total. The zero-order chi connectivity index (χ0) is 7.68. The third-order valence-corrected chi connectivity index (χ3v) is 3.70. The largest absolute Gasteiger partial charge is 0.339 e. The zero-order valence-electron chi connectivity index (χ0n) is 5.74. The maximum Gasteiger partial charge on any atom is 0.231 e. The summed E-state index contributed by atoms with van der Waals surface area (Å²) in [7, 11) is 0. The summed E-state index contributed by atoms with van der Waals surface area (Å²) in [5.41, 5.74) is 0. The van der Waals surface area contributed by atoms with Crippen LogP contribution >= 0.6 is 23.1 Å². The summed E-state index contributed by atoms with van der Waals surface area (Å²) in [5, 5.41) is 5.13. The molecule has 0 bridgehead atoms. The van der Waals surface area contributed by atoms with Crippen LogP contribution in [0, 0.1) is 0 Å². The van der Waals surface area contributed by atoms with Crippen LogP contribution in [0.2, 0.25) is 0 Å². The first-order valence-electron chi connectivity index (χ1n) is 3.30. The highest BCUT2D eigenvalue weighted by molar-refractivity contribution is 8.00. The summed E-state index contributed by atoms with van der Waals surface area (Å²) in [6.45, 7) is 0. The lowest BCUT2D eigenvalue weighted by molar-refractivity contribution is -0.118. The molecule has 1 aliphatic heterocycles. The van der Waals surface area contributed by atoms with Crippen molar-refractivity contribution in [3.05, 3.63) is 22.4 Å². The molecule has 1 N–H and O–H groups in total. The van der Waals surface area contributed by atoms with Gasteiger partial charge in [-0.05, 0) is 11.4 Å². The Kier molecular flexibility index (Phi) is 1.87. The van der Waals surface area contributed by atoms with Crippen LogP contribution in [0.5, 0.6) is 0 Å². The van der Waals surface area contributed by atoms with Crippen LogP contribution in [-0.2, 0) is 4.79 Å². The van der Waals surface area contributed by atoms with Gasteiger partial charge >= 0.3 is 0 Å². The topological polar surface area (TPSA) is 29.1 Å². The van der Waals surface area contributed by atoms with E-state index in [2.05, 4.69) is 5.32 Å². The maximum atomic E-state index is 10.8. The van der Waals surface area contributed by atoms with Gasteiger partial charge in [0.25, 0.3) is 0 Å². The summed E-state index contributed by atoms with van der Waals surface area (Å²) in [6.07, 6.45) is 0. The summed E-state index contributed by atoms with van der Waals surface area (Å²) >= 11 is 3.34. The number of nitrogens with one attached hydrogen (secondary N) is 1. The van der Waals surface area contributed by atoms with E-state index in [-0.39, 0.29) is 11.3 Å². The first-order chi connectivity index (χ1) is 5.36. The first-order valence-corrected chi connectivity index (χ1v) is 5.23. The summed E-state index contributed by atoms with van der Waals surface area (Å²) in [6, 6.07) is 4.05. The summed E-state index contributed by atoms with van der Waals surface area (Å²) < 4.78 is 0. The van der Waals surface area contributed by atoms with Gasteiger partial charge in [0.2, 0.25) is 5.91 Å². The number of hydrogen-bond acceptors (Lipinski definition) is 3. The molecule has 1 amide bonds. The zero-order valence-corrected chi connectivity index (χ0v) is 7.37. The summed E-state index contributed by atoms with van der Waals surface area (Å²) in [5.74, 6) is 0.746. The fourth-order valence-corrected chi connectivity index (χ4v) is 2.87. The molecular weight excluding hydrogens is 178 g/mol. The SMILES string of the molecule is O=C1CS[C@@H](c2cccs2)N1. The van der Waals surface area contributed by atoms with Crippen LogP contribution in [0.15, 0.2) is 17.5 Å². The van der Waals surface area contributed by atoms with Crippen molar-refractivity contribution in [1.29, 1.82) is 0 Å². The average Bonchev–Trinajstić information content (AvgIpc) is 2.55. The molecule has 0 saturated carbocycles. The minimum atomic E-state index is 0.147. The Morgan fingerprint density at radius 1 is 1.64 bits per heavy atom. The molecule has 2 heterocycles. The molecule has 58 valence electrons. The van der Waals surface area contributed by atoms with E-state index in [1.54, 1.807) is 23.1 Å². The Morgan fingerprint density at radius 3 is 3.09 bits per heavy atom. The van der Waals surface area contributed by atoms with Crippen molar-refractivity contribution in [2.75, 3.05) is 5.75 Å². The van der Waals surface area contributed by atoms with Crippen molar-refractivity contribution >= 4 is 29.0 Å². The van der Waals surface area contributed by atoms with Crippen molar-refractivity contribution in [3.63, 3.8) is 0 Å². The van der Waals surface area contributed by atoms with E-state index in [1.165, 1.54) is 4.88 Å². The summed E-state index contributed by atoms with van der Waals surface area (Å²) in [4.78, 5) is 12.1. The predicted molar refractivity (Wildman–Crippen MR) is 47.7 cm³/mol. The molecule has 1 saturated heterocycles. The molecule has 11 heavy (non-hydrogen) atoms. The minimum Gasteiger partial charge on any atom is -0.339 e. The van der Waals surface area contributed by atoms with Gasteiger partial charge in [-0.1, -0.05) is 6.07 Å². The molecule has 1 aromatic heterocycles. The lowest BCUT2D eigenvalue weighted by Gasteiger charge is -2.04. The molecule has 0 radical (unpaired) electrons. The van der Waals surface area contributed by atoms with Gasteiger partial charge in [0.1, 0.15) is 5.37 Å². The molecule has 0 spiro atoms. The van der Waals surface area contributed by atoms with Crippen molar-refractivity contribution < 1.29 is 4.79 Å². The van der Waals surface area contributed by atoms with Crippen molar-refractivity contribution in [3.8, 4) is 0 Å². The number of carbonyl (C=O) groups is 1. The predicted octanol–water partition coefficient (Wildman–Crippen LogP) is 1.61. The monoisotopic (exact) mass is 185 g/mol. The van der Waals surface area contributed by atoms with E-state index in [9.17, 15) is 4.79 Å². The Labute approximate surface area is 73.0 Å². The Bertz CT molecular complexity index is 257. The lowest BCUT2D eigenvalue weighted by Crippen LogP contribution is -2.18. The van der Waals surface area contributed by atoms with Gasteiger partial charge in [0.15, 0.2) is 0 Å². The first kappa shape index (κ1) is 7.18. The number of thioether (sulfide) groups is 1. The van der Waals surface area contributed by atoms with Gasteiger partial charge in [0.05, 0.1) is 5.75 Å². The van der Waals surface area contributed by atoms with Gasteiger partial charge in [-0.25, -0.2) is 0 Å². The second-order valence-electron chi connectivity index (χ2n) is 2.27. The molecule has 1 atom stereocenters. The van der Waals surface area contributed by atoms with Gasteiger partial charge < -0.3 is 5.32 Å². The van der Waals surface area contributed by atoms with E-state index in [0.717, 1.165) is 0 Å². The number of thiophene rings is 1.